The SMILES string of the molecule is [CH2]C(C=C)c1cc2ccccc2[nH]1. The van der Waals surface area contributed by atoms with Crippen LogP contribution in [0.1, 0.15) is 11.6 Å². The Morgan fingerprint density at radius 2 is 2.08 bits per heavy atom. The standard InChI is InChI=1S/C12H12N/c1-3-9(2)12-8-10-6-4-5-7-11(10)13-12/h3-9,13H,1-2H2. The molecule has 0 bridgehead atoms. The van der Waals surface area contributed by atoms with Gasteiger partial charge in [0.25, 0.3) is 0 Å². The number of aromatic amines is 1. The van der Waals surface area contributed by atoms with Crippen LogP contribution in [0, 0.1) is 6.92 Å². The molecule has 0 saturated carbocycles. The van der Waals surface area contributed by atoms with Gasteiger partial charge < -0.3 is 4.98 Å². The summed E-state index contributed by atoms with van der Waals surface area (Å²) >= 11 is 0. The summed E-state index contributed by atoms with van der Waals surface area (Å²) in [6, 6.07) is 10.3. The predicted octanol–water partition coefficient (Wildman–Crippen LogP) is 3.27. The van der Waals surface area contributed by atoms with Gasteiger partial charge in [-0.2, -0.15) is 0 Å². The Labute approximate surface area is 78.1 Å². The Morgan fingerprint density at radius 3 is 2.77 bits per heavy atom. The minimum absolute atomic E-state index is 0.146. The fourth-order valence-corrected chi connectivity index (χ4v) is 1.42. The second-order valence-corrected chi connectivity index (χ2v) is 3.15. The average molecular weight is 170 g/mol. The molecular weight excluding hydrogens is 158 g/mol. The third-order valence-electron chi connectivity index (χ3n) is 2.23. The molecule has 1 N–H and O–H groups in total. The molecule has 0 spiro atoms. The molecule has 1 heteroatoms. The van der Waals surface area contributed by atoms with Gasteiger partial charge in [-0.1, -0.05) is 24.3 Å². The van der Waals surface area contributed by atoms with E-state index in [1.54, 1.807) is 0 Å². The maximum atomic E-state index is 3.97. The second kappa shape index (κ2) is 3.09. The van der Waals surface area contributed by atoms with Crippen LogP contribution in [0.25, 0.3) is 10.9 Å². The van der Waals surface area contributed by atoms with E-state index in [0.29, 0.717) is 0 Å². The first kappa shape index (κ1) is 8.11. The largest absolute Gasteiger partial charge is 0.358 e. The number of fused-ring (bicyclic) bond motifs is 1. The van der Waals surface area contributed by atoms with Crippen LogP contribution in [0.5, 0.6) is 0 Å². The summed E-state index contributed by atoms with van der Waals surface area (Å²) in [5.74, 6) is 0.146. The van der Waals surface area contributed by atoms with Crippen LogP contribution in [0.15, 0.2) is 43.0 Å². The molecule has 1 heterocycles. The summed E-state index contributed by atoms with van der Waals surface area (Å²) in [5, 5.41) is 1.23. The molecule has 0 fully saturated rings. The molecule has 0 amide bonds. The van der Waals surface area contributed by atoms with E-state index in [1.807, 2.05) is 18.2 Å². The minimum Gasteiger partial charge on any atom is -0.358 e. The average Bonchev–Trinajstić information content (AvgIpc) is 2.59. The third kappa shape index (κ3) is 1.37. The van der Waals surface area contributed by atoms with E-state index >= 15 is 0 Å². The van der Waals surface area contributed by atoms with Crippen LogP contribution < -0.4 is 0 Å². The molecule has 2 aromatic rings. The van der Waals surface area contributed by atoms with Gasteiger partial charge in [0.2, 0.25) is 0 Å². The molecule has 0 aliphatic rings. The maximum absolute atomic E-state index is 3.97. The van der Waals surface area contributed by atoms with Gasteiger partial charge in [0, 0.05) is 17.1 Å². The van der Waals surface area contributed by atoms with Gasteiger partial charge in [-0.25, -0.2) is 0 Å². The lowest BCUT2D eigenvalue weighted by atomic mass is 10.1. The minimum atomic E-state index is 0.146. The van der Waals surface area contributed by atoms with Crippen LogP contribution in [-0.4, -0.2) is 4.98 Å². The summed E-state index contributed by atoms with van der Waals surface area (Å²) in [6.07, 6.45) is 1.84. The highest BCUT2D eigenvalue weighted by Gasteiger charge is 2.04. The van der Waals surface area contributed by atoms with Gasteiger partial charge in [-0.15, -0.1) is 6.58 Å². The van der Waals surface area contributed by atoms with Crippen molar-refractivity contribution in [1.29, 1.82) is 0 Å². The number of para-hydroxylation sites is 1. The summed E-state index contributed by atoms with van der Waals surface area (Å²) in [6.45, 7) is 7.70. The van der Waals surface area contributed by atoms with Crippen molar-refractivity contribution < 1.29 is 0 Å². The van der Waals surface area contributed by atoms with E-state index in [9.17, 15) is 0 Å². The zero-order valence-corrected chi connectivity index (χ0v) is 7.46. The Balaban J connectivity index is 2.55. The first-order chi connectivity index (χ1) is 6.31. The lowest BCUT2D eigenvalue weighted by Crippen LogP contribution is -1.87. The molecular formula is C12H12N. The van der Waals surface area contributed by atoms with Gasteiger partial charge in [-0.3, -0.25) is 0 Å². The monoisotopic (exact) mass is 170 g/mol. The van der Waals surface area contributed by atoms with Crippen molar-refractivity contribution in [3.05, 3.63) is 55.6 Å². The Hall–Kier alpha value is -1.50. The second-order valence-electron chi connectivity index (χ2n) is 3.15. The van der Waals surface area contributed by atoms with Crippen molar-refractivity contribution in [2.24, 2.45) is 0 Å². The lowest BCUT2D eigenvalue weighted by molar-refractivity contribution is 1.03. The van der Waals surface area contributed by atoms with E-state index in [0.717, 1.165) is 11.2 Å². The number of H-pyrrole nitrogens is 1. The molecule has 0 aliphatic heterocycles. The molecule has 2 rings (SSSR count). The highest BCUT2D eigenvalue weighted by atomic mass is 14.7. The number of rotatable bonds is 2. The molecule has 0 saturated heterocycles. The van der Waals surface area contributed by atoms with Gasteiger partial charge in [0.15, 0.2) is 0 Å². The number of benzene rings is 1. The molecule has 13 heavy (non-hydrogen) atoms. The maximum Gasteiger partial charge on any atom is 0.0456 e. The topological polar surface area (TPSA) is 15.8 Å². The smallest absolute Gasteiger partial charge is 0.0456 e. The first-order valence-corrected chi connectivity index (χ1v) is 4.34. The number of allylic oxidation sites excluding steroid dienone is 1. The molecule has 1 nitrogen and oxygen atoms in total. The Morgan fingerprint density at radius 1 is 1.31 bits per heavy atom. The third-order valence-corrected chi connectivity index (χ3v) is 2.23. The molecule has 0 aliphatic carbocycles. The number of aromatic nitrogens is 1. The van der Waals surface area contributed by atoms with E-state index in [4.69, 9.17) is 0 Å². The molecule has 65 valence electrons. The van der Waals surface area contributed by atoms with Crippen LogP contribution in [0.3, 0.4) is 0 Å². The lowest BCUT2D eigenvalue weighted by Gasteiger charge is -1.99. The summed E-state index contributed by atoms with van der Waals surface area (Å²) < 4.78 is 0. The van der Waals surface area contributed by atoms with Crippen LogP contribution >= 0.6 is 0 Å². The fourth-order valence-electron chi connectivity index (χ4n) is 1.42. The Kier molecular flexibility index (Phi) is 1.93. The molecule has 1 radical (unpaired) electrons. The van der Waals surface area contributed by atoms with E-state index in [1.165, 1.54) is 5.39 Å². The van der Waals surface area contributed by atoms with Crippen molar-refractivity contribution in [1.82, 2.24) is 4.98 Å². The van der Waals surface area contributed by atoms with Gasteiger partial charge in [-0.05, 0) is 24.4 Å². The van der Waals surface area contributed by atoms with Crippen LogP contribution in [-0.2, 0) is 0 Å². The molecule has 1 atom stereocenters. The quantitative estimate of drug-likeness (QED) is 0.666. The van der Waals surface area contributed by atoms with Gasteiger partial charge in [0.1, 0.15) is 0 Å². The number of hydrogen-bond donors (Lipinski definition) is 1. The van der Waals surface area contributed by atoms with Crippen molar-refractivity contribution >= 4 is 10.9 Å². The fraction of sp³-hybridized carbons (Fsp3) is 0.0833. The highest BCUT2D eigenvalue weighted by molar-refractivity contribution is 5.80. The summed E-state index contributed by atoms with van der Waals surface area (Å²) in [5.41, 5.74) is 2.28. The zero-order chi connectivity index (χ0) is 9.26. The summed E-state index contributed by atoms with van der Waals surface area (Å²) in [7, 11) is 0. The molecule has 1 aromatic carbocycles. The number of nitrogens with one attached hydrogen (secondary N) is 1. The van der Waals surface area contributed by atoms with Crippen LogP contribution in [0.2, 0.25) is 0 Å². The predicted molar refractivity (Wildman–Crippen MR) is 56.6 cm³/mol. The van der Waals surface area contributed by atoms with E-state index in [2.05, 4.69) is 36.7 Å². The van der Waals surface area contributed by atoms with Gasteiger partial charge >= 0.3 is 0 Å². The van der Waals surface area contributed by atoms with Crippen molar-refractivity contribution in [3.8, 4) is 0 Å². The van der Waals surface area contributed by atoms with Crippen molar-refractivity contribution in [3.63, 3.8) is 0 Å². The summed E-state index contributed by atoms with van der Waals surface area (Å²) in [4.78, 5) is 3.31. The zero-order valence-electron chi connectivity index (χ0n) is 7.46. The Bertz CT molecular complexity index is 392. The molecule has 1 unspecified atom stereocenters. The first-order valence-electron chi connectivity index (χ1n) is 4.34. The van der Waals surface area contributed by atoms with E-state index in [-0.39, 0.29) is 5.92 Å². The van der Waals surface area contributed by atoms with Crippen molar-refractivity contribution in [2.45, 2.75) is 5.92 Å². The van der Waals surface area contributed by atoms with Crippen LogP contribution in [0.4, 0.5) is 0 Å². The normalized spacial score (nSPS) is 13.0. The van der Waals surface area contributed by atoms with Crippen molar-refractivity contribution in [2.75, 3.05) is 0 Å². The molecule has 1 aromatic heterocycles. The van der Waals surface area contributed by atoms with E-state index < -0.39 is 0 Å². The number of hydrogen-bond acceptors (Lipinski definition) is 0. The highest BCUT2D eigenvalue weighted by Crippen LogP contribution is 2.20. The van der Waals surface area contributed by atoms with Gasteiger partial charge in [0.05, 0.1) is 0 Å².